The summed E-state index contributed by atoms with van der Waals surface area (Å²) in [7, 11) is 0. The molecule has 2 aromatic rings. The van der Waals surface area contributed by atoms with Gasteiger partial charge in [0, 0.05) is 17.7 Å². The number of rotatable bonds is 5. The van der Waals surface area contributed by atoms with Gasteiger partial charge in [0.2, 0.25) is 12.3 Å². The van der Waals surface area contributed by atoms with Gasteiger partial charge in [-0.25, -0.2) is 4.79 Å². The lowest BCUT2D eigenvalue weighted by Gasteiger charge is -2.00. The van der Waals surface area contributed by atoms with Crippen molar-refractivity contribution in [2.45, 2.75) is 6.54 Å². The fourth-order valence-corrected chi connectivity index (χ4v) is 1.92. The van der Waals surface area contributed by atoms with Crippen LogP contribution in [-0.2, 0) is 11.3 Å². The first-order valence-corrected chi connectivity index (χ1v) is 7.13. The van der Waals surface area contributed by atoms with Crippen LogP contribution in [-0.4, -0.2) is 17.3 Å². The van der Waals surface area contributed by atoms with E-state index in [0.717, 1.165) is 0 Å². The molecule has 0 aliphatic heterocycles. The summed E-state index contributed by atoms with van der Waals surface area (Å²) in [4.78, 5) is 23.5. The molecule has 1 heterocycles. The van der Waals surface area contributed by atoms with Gasteiger partial charge in [-0.2, -0.15) is 4.57 Å². The average Bonchev–Trinajstić information content (AvgIpc) is 2.49. The van der Waals surface area contributed by atoms with Crippen LogP contribution in [0.3, 0.4) is 0 Å². The third kappa shape index (κ3) is 3.74. The molecule has 0 fully saturated rings. The van der Waals surface area contributed by atoms with Crippen LogP contribution >= 0.6 is 15.9 Å². The van der Waals surface area contributed by atoms with E-state index >= 15 is 0 Å². The first-order chi connectivity index (χ1) is 9.70. The molecule has 1 aromatic heterocycles. The minimum atomic E-state index is -0.400. The number of alkyl halides is 1. The highest BCUT2D eigenvalue weighted by atomic mass is 79.9. The number of halogens is 1. The number of Topliss-reactive ketones (excluding diaryl/α,β-unsaturated/α-hetero) is 1. The average molecular weight is 335 g/mol. The van der Waals surface area contributed by atoms with E-state index in [1.807, 2.05) is 18.2 Å². The Labute approximate surface area is 125 Å². The van der Waals surface area contributed by atoms with Gasteiger partial charge in [0.05, 0.1) is 5.56 Å². The molecular formula is C15H13BrNO3+. The molecule has 102 valence electrons. The molecule has 0 atom stereocenters. The monoisotopic (exact) mass is 334 g/mol. The van der Waals surface area contributed by atoms with Crippen LogP contribution in [0, 0.1) is 0 Å². The summed E-state index contributed by atoms with van der Waals surface area (Å²) in [6.45, 7) is 0.234. The molecule has 0 saturated heterocycles. The lowest BCUT2D eigenvalue weighted by atomic mass is 10.1. The molecule has 0 bridgehead atoms. The van der Waals surface area contributed by atoms with Gasteiger partial charge in [0.15, 0.2) is 12.4 Å². The molecule has 0 saturated carbocycles. The van der Waals surface area contributed by atoms with Crippen molar-refractivity contribution in [3.8, 4) is 0 Å². The van der Waals surface area contributed by atoms with Gasteiger partial charge in [-0.15, -0.1) is 0 Å². The number of hydrogen-bond donors (Lipinski definition) is 0. The van der Waals surface area contributed by atoms with Gasteiger partial charge < -0.3 is 4.74 Å². The summed E-state index contributed by atoms with van der Waals surface area (Å²) in [6.07, 6.45) is 3.37. The van der Waals surface area contributed by atoms with Crippen LogP contribution in [0.5, 0.6) is 0 Å². The molecule has 4 nitrogen and oxygen atoms in total. The van der Waals surface area contributed by atoms with Crippen LogP contribution in [0.1, 0.15) is 20.7 Å². The van der Waals surface area contributed by atoms with Gasteiger partial charge in [0.1, 0.15) is 5.52 Å². The Kier molecular flexibility index (Phi) is 5.01. The molecular weight excluding hydrogens is 322 g/mol. The summed E-state index contributed by atoms with van der Waals surface area (Å²) >= 11 is 3.03. The van der Waals surface area contributed by atoms with Crippen LogP contribution in [0.2, 0.25) is 0 Å². The van der Waals surface area contributed by atoms with Crippen molar-refractivity contribution in [2.24, 2.45) is 0 Å². The lowest BCUT2D eigenvalue weighted by Crippen LogP contribution is -2.37. The minimum Gasteiger partial charge on any atom is -0.450 e. The van der Waals surface area contributed by atoms with Gasteiger partial charge in [-0.3, -0.25) is 4.79 Å². The molecule has 20 heavy (non-hydrogen) atoms. The first-order valence-electron chi connectivity index (χ1n) is 6.01. The third-order valence-corrected chi connectivity index (χ3v) is 2.96. The number of ketones is 1. The maximum Gasteiger partial charge on any atom is 0.339 e. The summed E-state index contributed by atoms with van der Waals surface area (Å²) < 4.78 is 6.54. The van der Waals surface area contributed by atoms with Gasteiger partial charge in [-0.1, -0.05) is 30.3 Å². The first kappa shape index (κ1) is 14.4. The van der Waals surface area contributed by atoms with E-state index in [1.54, 1.807) is 41.2 Å². The lowest BCUT2D eigenvalue weighted by molar-refractivity contribution is -0.683. The van der Waals surface area contributed by atoms with Crippen LogP contribution in [0.15, 0.2) is 54.9 Å². The number of aromatic nitrogens is 1. The number of carbonyl (C=O) groups is 2. The maximum absolute atomic E-state index is 12.0. The number of carbonyl (C=O) groups excluding carboxylic acids is 2. The molecule has 1 aromatic carbocycles. The maximum atomic E-state index is 12.0. The van der Waals surface area contributed by atoms with E-state index in [2.05, 4.69) is 15.9 Å². The summed E-state index contributed by atoms with van der Waals surface area (Å²) in [5.41, 5.74) is 1.28. The van der Waals surface area contributed by atoms with Crippen molar-refractivity contribution < 1.29 is 18.9 Å². The molecule has 0 spiro atoms. The molecule has 2 rings (SSSR count). The smallest absolute Gasteiger partial charge is 0.339 e. The van der Waals surface area contributed by atoms with Crippen molar-refractivity contribution >= 4 is 27.7 Å². The number of ether oxygens (including phenoxy) is 1. The molecule has 0 unspecified atom stereocenters. The molecule has 0 amide bonds. The Balaban J connectivity index is 2.04. The molecule has 0 aliphatic carbocycles. The van der Waals surface area contributed by atoms with Gasteiger partial charge in [-0.05, 0) is 15.9 Å². The van der Waals surface area contributed by atoms with Crippen molar-refractivity contribution in [1.29, 1.82) is 0 Å². The van der Waals surface area contributed by atoms with Crippen LogP contribution in [0.4, 0.5) is 0 Å². The summed E-state index contributed by atoms with van der Waals surface area (Å²) in [5.74, 6) is -0.380. The van der Waals surface area contributed by atoms with E-state index in [9.17, 15) is 9.59 Å². The predicted molar refractivity (Wildman–Crippen MR) is 76.6 cm³/mol. The highest BCUT2D eigenvalue weighted by Crippen LogP contribution is 2.02. The Morgan fingerprint density at radius 3 is 2.25 bits per heavy atom. The number of pyridine rings is 1. The topological polar surface area (TPSA) is 47.2 Å². The number of hydrogen-bond acceptors (Lipinski definition) is 3. The van der Waals surface area contributed by atoms with Gasteiger partial charge >= 0.3 is 5.97 Å². The van der Waals surface area contributed by atoms with E-state index in [4.69, 9.17) is 4.74 Å². The van der Waals surface area contributed by atoms with E-state index in [-0.39, 0.29) is 17.8 Å². The second kappa shape index (κ2) is 6.96. The Morgan fingerprint density at radius 2 is 1.65 bits per heavy atom. The second-order valence-electron chi connectivity index (χ2n) is 4.09. The highest BCUT2D eigenvalue weighted by Gasteiger charge is 2.13. The zero-order valence-corrected chi connectivity index (χ0v) is 12.2. The van der Waals surface area contributed by atoms with Gasteiger partial charge in [0.25, 0.3) is 0 Å². The second-order valence-corrected chi connectivity index (χ2v) is 4.55. The van der Waals surface area contributed by atoms with E-state index < -0.39 is 5.97 Å². The van der Waals surface area contributed by atoms with E-state index in [0.29, 0.717) is 11.1 Å². The fraction of sp³-hybridized carbons (Fsp3) is 0.133. The molecule has 5 heteroatoms. The van der Waals surface area contributed by atoms with E-state index in [1.165, 1.54) is 0 Å². The Bertz CT molecular complexity index is 596. The normalized spacial score (nSPS) is 10.1. The highest BCUT2D eigenvalue weighted by molar-refractivity contribution is 9.09. The quantitative estimate of drug-likeness (QED) is 0.365. The zero-order chi connectivity index (χ0) is 14.4. The number of nitrogens with zero attached hydrogens (tertiary/aromatic N) is 1. The fourth-order valence-electron chi connectivity index (χ4n) is 1.71. The molecule has 0 radical (unpaired) electrons. The Morgan fingerprint density at radius 1 is 1.00 bits per heavy atom. The third-order valence-electron chi connectivity index (χ3n) is 2.73. The molecule has 0 aliphatic rings. The van der Waals surface area contributed by atoms with Crippen molar-refractivity contribution in [3.05, 3.63) is 66.0 Å². The van der Waals surface area contributed by atoms with Crippen LogP contribution < -0.4 is 4.57 Å². The number of benzene rings is 1. The molecule has 0 N–H and O–H groups in total. The number of esters is 1. The largest absolute Gasteiger partial charge is 0.450 e. The van der Waals surface area contributed by atoms with Crippen molar-refractivity contribution in [1.82, 2.24) is 0 Å². The standard InChI is InChI=1S/C15H13BrNO3/c16-11-20-15(19)13-6-8-17(9-7-13)10-14(18)12-4-2-1-3-5-12/h1-9H,10-11H2/q+1. The summed E-state index contributed by atoms with van der Waals surface area (Å²) in [5, 5.41) is 0. The van der Waals surface area contributed by atoms with Crippen LogP contribution in [0.25, 0.3) is 0 Å². The van der Waals surface area contributed by atoms with Crippen molar-refractivity contribution in [2.75, 3.05) is 5.52 Å². The Hall–Kier alpha value is -2.01. The van der Waals surface area contributed by atoms with Crippen molar-refractivity contribution in [3.63, 3.8) is 0 Å². The summed E-state index contributed by atoms with van der Waals surface area (Å²) in [6, 6.07) is 12.4. The minimum absolute atomic E-state index is 0.0198. The SMILES string of the molecule is O=C(C[n+]1ccc(C(=O)OCBr)cc1)c1ccccc1. The zero-order valence-electron chi connectivity index (χ0n) is 10.7. The predicted octanol–water partition coefficient (Wildman–Crippen LogP) is 2.37.